The van der Waals surface area contributed by atoms with Crippen LogP contribution >= 0.6 is 0 Å². The minimum atomic E-state index is -0.359. The highest BCUT2D eigenvalue weighted by atomic mass is 16.4. The Hall–Kier alpha value is -4.52. The number of amides is 2. The molecule has 1 aliphatic rings. The molecule has 0 atom stereocenters. The topological polar surface area (TPSA) is 96.6 Å². The number of furan rings is 1. The maximum Gasteiger partial charge on any atom is 0.292 e. The predicted molar refractivity (Wildman–Crippen MR) is 139 cm³/mol. The van der Waals surface area contributed by atoms with Gasteiger partial charge in [0, 0.05) is 28.8 Å². The first-order valence-electron chi connectivity index (χ1n) is 11.9. The average molecular weight is 479 g/mol. The third kappa shape index (κ3) is 4.81. The SMILES string of the molecule is Cc1cccc(NC(=O)c2oc3c(c2C)/C(=N/NC(=O)c2ccc(-c4ccccc4)cc2)CCC3)n1. The minimum Gasteiger partial charge on any atom is -0.455 e. The molecule has 7 nitrogen and oxygen atoms in total. The van der Waals surface area contributed by atoms with E-state index in [0.29, 0.717) is 41.3 Å². The van der Waals surface area contributed by atoms with Crippen LogP contribution in [0.25, 0.3) is 11.1 Å². The largest absolute Gasteiger partial charge is 0.455 e. The lowest BCUT2D eigenvalue weighted by atomic mass is 9.93. The van der Waals surface area contributed by atoms with E-state index >= 15 is 0 Å². The van der Waals surface area contributed by atoms with Crippen molar-refractivity contribution in [2.45, 2.75) is 33.1 Å². The van der Waals surface area contributed by atoms with Crippen LogP contribution in [0.2, 0.25) is 0 Å². The first-order valence-corrected chi connectivity index (χ1v) is 11.9. The van der Waals surface area contributed by atoms with Crippen LogP contribution in [0.3, 0.4) is 0 Å². The van der Waals surface area contributed by atoms with E-state index < -0.39 is 0 Å². The van der Waals surface area contributed by atoms with E-state index in [4.69, 9.17) is 4.42 Å². The van der Waals surface area contributed by atoms with E-state index in [0.717, 1.165) is 28.8 Å². The molecule has 0 unspecified atom stereocenters. The fourth-order valence-electron chi connectivity index (χ4n) is 4.41. The quantitative estimate of drug-likeness (QED) is 0.361. The summed E-state index contributed by atoms with van der Waals surface area (Å²) in [6.07, 6.45) is 2.21. The number of hydrazone groups is 1. The summed E-state index contributed by atoms with van der Waals surface area (Å²) in [4.78, 5) is 30.0. The molecule has 0 radical (unpaired) electrons. The minimum absolute atomic E-state index is 0.237. The van der Waals surface area contributed by atoms with Crippen molar-refractivity contribution >= 4 is 23.3 Å². The number of nitrogens with zero attached hydrogens (tertiary/aromatic N) is 2. The summed E-state index contributed by atoms with van der Waals surface area (Å²) in [6, 6.07) is 22.8. The molecule has 5 rings (SSSR count). The fraction of sp³-hybridized carbons (Fsp3) is 0.172. The van der Waals surface area contributed by atoms with Crippen LogP contribution in [0.15, 0.2) is 82.3 Å². The Kier molecular flexibility index (Phi) is 6.45. The zero-order valence-corrected chi connectivity index (χ0v) is 20.2. The summed E-state index contributed by atoms with van der Waals surface area (Å²) < 4.78 is 5.94. The van der Waals surface area contributed by atoms with Gasteiger partial charge in [-0.25, -0.2) is 10.4 Å². The maximum atomic E-state index is 12.9. The van der Waals surface area contributed by atoms with Crippen molar-refractivity contribution in [2.75, 3.05) is 5.32 Å². The third-order valence-electron chi connectivity index (χ3n) is 6.21. The Labute approximate surface area is 209 Å². The first-order chi connectivity index (χ1) is 17.5. The van der Waals surface area contributed by atoms with Crippen molar-refractivity contribution in [2.24, 2.45) is 5.10 Å². The summed E-state index contributed by atoms with van der Waals surface area (Å²) >= 11 is 0. The Morgan fingerprint density at radius 3 is 2.36 bits per heavy atom. The van der Waals surface area contributed by atoms with Gasteiger partial charge in [-0.05, 0) is 62.1 Å². The van der Waals surface area contributed by atoms with Crippen molar-refractivity contribution in [1.29, 1.82) is 0 Å². The summed E-state index contributed by atoms with van der Waals surface area (Å²) in [7, 11) is 0. The molecule has 0 aliphatic heterocycles. The van der Waals surface area contributed by atoms with Crippen LogP contribution in [0.1, 0.15) is 56.3 Å². The van der Waals surface area contributed by atoms with Gasteiger partial charge >= 0.3 is 0 Å². The molecule has 2 heterocycles. The number of benzene rings is 2. The van der Waals surface area contributed by atoms with Gasteiger partial charge < -0.3 is 9.73 Å². The van der Waals surface area contributed by atoms with E-state index in [9.17, 15) is 9.59 Å². The van der Waals surface area contributed by atoms with Crippen LogP contribution in [0, 0.1) is 13.8 Å². The molecule has 2 N–H and O–H groups in total. The molecule has 180 valence electrons. The number of hydrogen-bond acceptors (Lipinski definition) is 5. The lowest BCUT2D eigenvalue weighted by Gasteiger charge is -2.13. The number of nitrogens with one attached hydrogen (secondary N) is 2. The number of carbonyl (C=O) groups is 2. The molecule has 0 saturated heterocycles. The van der Waals surface area contributed by atoms with E-state index in [2.05, 4.69) is 20.8 Å². The van der Waals surface area contributed by atoms with Gasteiger partial charge in [0.15, 0.2) is 5.76 Å². The second-order valence-corrected chi connectivity index (χ2v) is 8.77. The third-order valence-corrected chi connectivity index (χ3v) is 6.21. The second kappa shape index (κ2) is 10.00. The van der Waals surface area contributed by atoms with Crippen molar-refractivity contribution in [1.82, 2.24) is 10.4 Å². The molecule has 2 aromatic heterocycles. The lowest BCUT2D eigenvalue weighted by Crippen LogP contribution is -2.22. The standard InChI is InChI=1S/C29H26N4O3/c1-18-8-6-13-25(30-18)31-29(35)27-19(2)26-23(11-7-12-24(26)36-27)32-33-28(34)22-16-14-21(15-17-22)20-9-4-3-5-10-20/h3-6,8-10,13-17H,7,11-12H2,1-2H3,(H,33,34)(H,30,31,35)/b32-23+. The number of anilines is 1. The monoisotopic (exact) mass is 478 g/mol. The Balaban J connectivity index is 1.32. The van der Waals surface area contributed by atoms with E-state index in [1.165, 1.54) is 0 Å². The molecule has 0 saturated carbocycles. The molecule has 0 spiro atoms. The van der Waals surface area contributed by atoms with E-state index in [1.54, 1.807) is 18.2 Å². The first kappa shape index (κ1) is 23.2. The van der Waals surface area contributed by atoms with E-state index in [1.807, 2.05) is 68.4 Å². The van der Waals surface area contributed by atoms with Gasteiger partial charge in [0.05, 0.1) is 5.71 Å². The summed E-state index contributed by atoms with van der Waals surface area (Å²) in [5.41, 5.74) is 8.34. The number of aromatic nitrogens is 1. The molecule has 2 aromatic carbocycles. The second-order valence-electron chi connectivity index (χ2n) is 8.77. The zero-order chi connectivity index (χ0) is 25.1. The summed E-state index contributed by atoms with van der Waals surface area (Å²) in [5, 5.41) is 7.22. The Morgan fingerprint density at radius 2 is 1.61 bits per heavy atom. The lowest BCUT2D eigenvalue weighted by molar-refractivity contribution is 0.0953. The normalized spacial score (nSPS) is 13.8. The van der Waals surface area contributed by atoms with Crippen molar-refractivity contribution in [3.63, 3.8) is 0 Å². The average Bonchev–Trinajstić information content (AvgIpc) is 3.25. The Morgan fingerprint density at radius 1 is 0.861 bits per heavy atom. The van der Waals surface area contributed by atoms with Gasteiger partial charge in [-0.15, -0.1) is 0 Å². The molecule has 0 bridgehead atoms. The van der Waals surface area contributed by atoms with Crippen molar-refractivity contribution in [3.8, 4) is 11.1 Å². The van der Waals surface area contributed by atoms with Crippen LogP contribution in [-0.4, -0.2) is 22.5 Å². The van der Waals surface area contributed by atoms with Crippen LogP contribution in [0.4, 0.5) is 5.82 Å². The number of fused-ring (bicyclic) bond motifs is 1. The highest BCUT2D eigenvalue weighted by Gasteiger charge is 2.28. The highest BCUT2D eigenvalue weighted by molar-refractivity contribution is 6.09. The number of aryl methyl sites for hydroxylation is 2. The van der Waals surface area contributed by atoms with Crippen LogP contribution < -0.4 is 10.7 Å². The maximum absolute atomic E-state index is 12.9. The molecule has 1 aliphatic carbocycles. The summed E-state index contributed by atoms with van der Waals surface area (Å²) in [5.74, 6) is 0.760. The number of rotatable bonds is 5. The molecular weight excluding hydrogens is 452 g/mol. The molecule has 7 heteroatoms. The van der Waals surface area contributed by atoms with Crippen molar-refractivity contribution in [3.05, 3.63) is 107 Å². The van der Waals surface area contributed by atoms with Gasteiger partial charge in [-0.3, -0.25) is 9.59 Å². The number of carbonyl (C=O) groups excluding carboxylic acids is 2. The molecule has 0 fully saturated rings. The van der Waals surface area contributed by atoms with Gasteiger partial charge in [0.2, 0.25) is 0 Å². The van der Waals surface area contributed by atoms with Gasteiger partial charge in [-0.2, -0.15) is 5.10 Å². The van der Waals surface area contributed by atoms with Crippen LogP contribution in [0.5, 0.6) is 0 Å². The molecule has 2 amide bonds. The van der Waals surface area contributed by atoms with E-state index in [-0.39, 0.29) is 17.6 Å². The fourth-order valence-corrected chi connectivity index (χ4v) is 4.41. The summed E-state index contributed by atoms with van der Waals surface area (Å²) in [6.45, 7) is 3.70. The van der Waals surface area contributed by atoms with Crippen molar-refractivity contribution < 1.29 is 14.0 Å². The Bertz CT molecular complexity index is 1450. The zero-order valence-electron chi connectivity index (χ0n) is 20.2. The smallest absolute Gasteiger partial charge is 0.292 e. The van der Waals surface area contributed by atoms with Crippen LogP contribution in [-0.2, 0) is 6.42 Å². The molecule has 4 aromatic rings. The molecule has 36 heavy (non-hydrogen) atoms. The number of hydrogen-bond donors (Lipinski definition) is 2. The highest BCUT2D eigenvalue weighted by Crippen LogP contribution is 2.30. The predicted octanol–water partition coefficient (Wildman–Crippen LogP) is 5.68. The number of pyridine rings is 1. The van der Waals surface area contributed by atoms with Gasteiger partial charge in [-0.1, -0.05) is 48.5 Å². The molecular formula is C29H26N4O3. The van der Waals surface area contributed by atoms with Gasteiger partial charge in [0.25, 0.3) is 11.8 Å². The van der Waals surface area contributed by atoms with Gasteiger partial charge in [0.1, 0.15) is 11.6 Å².